The summed E-state index contributed by atoms with van der Waals surface area (Å²) in [6, 6.07) is 9.00. The molecule has 2 heterocycles. The van der Waals surface area contributed by atoms with Crippen LogP contribution in [0.3, 0.4) is 0 Å². The van der Waals surface area contributed by atoms with Crippen molar-refractivity contribution in [3.63, 3.8) is 0 Å². The van der Waals surface area contributed by atoms with Crippen molar-refractivity contribution in [2.45, 2.75) is 13.5 Å². The lowest BCUT2D eigenvalue weighted by Gasteiger charge is -2.13. The third-order valence-electron chi connectivity index (χ3n) is 3.31. The summed E-state index contributed by atoms with van der Waals surface area (Å²) >= 11 is 7.26. The molecule has 3 aromatic rings. The number of benzene rings is 1. The molecule has 23 heavy (non-hydrogen) atoms. The van der Waals surface area contributed by atoms with E-state index in [4.69, 9.17) is 16.0 Å². The third kappa shape index (κ3) is 3.72. The Labute approximate surface area is 142 Å². The topological polar surface area (TPSA) is 67.2 Å². The maximum Gasteiger partial charge on any atom is 0.291 e. The summed E-state index contributed by atoms with van der Waals surface area (Å²) in [5, 5.41) is 6.18. The van der Waals surface area contributed by atoms with E-state index in [9.17, 15) is 4.79 Å². The molecule has 0 saturated carbocycles. The van der Waals surface area contributed by atoms with Crippen LogP contribution in [0.2, 0.25) is 4.47 Å². The summed E-state index contributed by atoms with van der Waals surface area (Å²) < 4.78 is 5.63. The van der Waals surface area contributed by atoms with E-state index in [0.29, 0.717) is 11.0 Å². The molecule has 1 amide bonds. The number of nitrogens with zero attached hydrogens (tertiary/aromatic N) is 1. The van der Waals surface area contributed by atoms with Crippen molar-refractivity contribution in [2.75, 3.05) is 10.6 Å². The van der Waals surface area contributed by atoms with Gasteiger partial charge in [-0.25, -0.2) is 4.98 Å². The van der Waals surface area contributed by atoms with Gasteiger partial charge in [0.15, 0.2) is 10.2 Å². The van der Waals surface area contributed by atoms with Crippen LogP contribution in [0.25, 0.3) is 0 Å². The maximum absolute atomic E-state index is 12.1. The van der Waals surface area contributed by atoms with E-state index in [1.54, 1.807) is 18.3 Å². The molecule has 0 spiro atoms. The van der Waals surface area contributed by atoms with Gasteiger partial charge < -0.3 is 15.1 Å². The fraction of sp³-hybridized carbons (Fsp3) is 0.125. The molecular weight excluding hydrogens is 334 g/mol. The number of hydrogen-bond donors (Lipinski definition) is 2. The number of rotatable bonds is 5. The first-order valence-corrected chi connectivity index (χ1v) is 8.11. The summed E-state index contributed by atoms with van der Waals surface area (Å²) in [7, 11) is 0. The minimum atomic E-state index is -0.274. The highest BCUT2D eigenvalue weighted by Crippen LogP contribution is 2.25. The van der Waals surface area contributed by atoms with Crippen LogP contribution in [-0.2, 0) is 6.54 Å². The summed E-state index contributed by atoms with van der Waals surface area (Å²) in [6.07, 6.45) is 3.22. The Balaban J connectivity index is 1.71. The second-order valence-electron chi connectivity index (χ2n) is 4.84. The molecule has 1 aromatic carbocycles. The fourth-order valence-electron chi connectivity index (χ4n) is 2.10. The average molecular weight is 348 g/mol. The highest BCUT2D eigenvalue weighted by molar-refractivity contribution is 7.15. The van der Waals surface area contributed by atoms with Crippen molar-refractivity contribution in [3.8, 4) is 0 Å². The zero-order chi connectivity index (χ0) is 16.2. The average Bonchev–Trinajstić information content (AvgIpc) is 3.19. The van der Waals surface area contributed by atoms with Gasteiger partial charge >= 0.3 is 0 Å². The Kier molecular flexibility index (Phi) is 4.64. The molecule has 0 aliphatic heterocycles. The smallest absolute Gasteiger partial charge is 0.291 e. The lowest BCUT2D eigenvalue weighted by atomic mass is 10.1. The number of aromatic nitrogens is 1. The van der Waals surface area contributed by atoms with Crippen LogP contribution in [0.4, 0.5) is 11.4 Å². The molecule has 0 unspecified atom stereocenters. The Bertz CT molecular complexity index is 815. The molecule has 3 rings (SSSR count). The van der Waals surface area contributed by atoms with E-state index in [1.807, 2.05) is 25.1 Å². The van der Waals surface area contributed by atoms with Gasteiger partial charge in [-0.2, -0.15) is 0 Å². The third-order valence-corrected chi connectivity index (χ3v) is 4.42. The molecule has 2 N–H and O–H groups in total. The van der Waals surface area contributed by atoms with Gasteiger partial charge in [0.25, 0.3) is 5.91 Å². The van der Waals surface area contributed by atoms with Crippen LogP contribution in [0.1, 0.15) is 21.0 Å². The van der Waals surface area contributed by atoms with Crippen LogP contribution in [0.5, 0.6) is 0 Å². The van der Waals surface area contributed by atoms with E-state index in [-0.39, 0.29) is 11.7 Å². The van der Waals surface area contributed by atoms with Crippen molar-refractivity contribution in [1.29, 1.82) is 0 Å². The molecule has 0 fully saturated rings. The van der Waals surface area contributed by atoms with Gasteiger partial charge in [0.1, 0.15) is 0 Å². The van der Waals surface area contributed by atoms with Crippen LogP contribution < -0.4 is 10.6 Å². The lowest BCUT2D eigenvalue weighted by Crippen LogP contribution is -2.12. The van der Waals surface area contributed by atoms with Crippen LogP contribution in [0, 0.1) is 6.92 Å². The molecule has 0 aliphatic carbocycles. The normalized spacial score (nSPS) is 10.5. The minimum Gasteiger partial charge on any atom is -0.459 e. The predicted molar refractivity (Wildman–Crippen MR) is 92.3 cm³/mol. The van der Waals surface area contributed by atoms with Gasteiger partial charge in [0.05, 0.1) is 12.8 Å². The number of halogens is 1. The highest BCUT2D eigenvalue weighted by atomic mass is 35.5. The fourth-order valence-corrected chi connectivity index (χ4v) is 3.02. The van der Waals surface area contributed by atoms with Crippen molar-refractivity contribution in [2.24, 2.45) is 0 Å². The van der Waals surface area contributed by atoms with Gasteiger partial charge in [0, 0.05) is 22.4 Å². The number of anilines is 2. The number of thiazole rings is 1. The quantitative estimate of drug-likeness (QED) is 0.709. The van der Waals surface area contributed by atoms with Gasteiger partial charge in [-0.05, 0) is 36.8 Å². The number of furan rings is 1. The first-order chi connectivity index (χ1) is 11.1. The largest absolute Gasteiger partial charge is 0.459 e. The molecule has 0 bridgehead atoms. The monoisotopic (exact) mass is 347 g/mol. The SMILES string of the molecule is Cc1c(NCc2cnc(Cl)s2)cccc1NC(=O)c1ccco1. The predicted octanol–water partition coefficient (Wildman–Crippen LogP) is 4.56. The standard InChI is InChI=1S/C16H14ClN3O2S/c1-10-12(18-8-11-9-19-16(17)23-11)4-2-5-13(10)20-15(21)14-6-3-7-22-14/h2-7,9,18H,8H2,1H3,(H,20,21). The van der Waals surface area contributed by atoms with Gasteiger partial charge in [-0.15, -0.1) is 11.3 Å². The van der Waals surface area contributed by atoms with Crippen molar-refractivity contribution in [3.05, 3.63) is 63.5 Å². The van der Waals surface area contributed by atoms with E-state index in [2.05, 4.69) is 15.6 Å². The molecule has 0 atom stereocenters. The number of carbonyl (C=O) groups is 1. The summed E-state index contributed by atoms with van der Waals surface area (Å²) in [5.74, 6) is 0.00607. The Morgan fingerprint density at radius 1 is 1.30 bits per heavy atom. The summed E-state index contributed by atoms with van der Waals surface area (Å²) in [5.41, 5.74) is 2.62. The number of amides is 1. The first-order valence-electron chi connectivity index (χ1n) is 6.92. The van der Waals surface area contributed by atoms with Crippen molar-refractivity contribution >= 4 is 40.2 Å². The van der Waals surface area contributed by atoms with Crippen LogP contribution >= 0.6 is 22.9 Å². The molecule has 2 aromatic heterocycles. The molecule has 118 valence electrons. The van der Waals surface area contributed by atoms with Gasteiger partial charge in [-0.3, -0.25) is 4.79 Å². The minimum absolute atomic E-state index is 0.274. The lowest BCUT2D eigenvalue weighted by molar-refractivity contribution is 0.0996. The van der Waals surface area contributed by atoms with E-state index in [1.165, 1.54) is 17.6 Å². The molecule has 0 saturated heterocycles. The Morgan fingerprint density at radius 2 is 2.13 bits per heavy atom. The Morgan fingerprint density at radius 3 is 2.83 bits per heavy atom. The summed E-state index contributed by atoms with van der Waals surface area (Å²) in [4.78, 5) is 17.1. The van der Waals surface area contributed by atoms with Gasteiger partial charge in [0.2, 0.25) is 0 Å². The maximum atomic E-state index is 12.1. The van der Waals surface area contributed by atoms with Crippen LogP contribution in [0.15, 0.2) is 47.2 Å². The number of nitrogens with one attached hydrogen (secondary N) is 2. The molecular formula is C16H14ClN3O2S. The second kappa shape index (κ2) is 6.85. The summed E-state index contributed by atoms with van der Waals surface area (Å²) in [6.45, 7) is 2.57. The van der Waals surface area contributed by atoms with Crippen molar-refractivity contribution < 1.29 is 9.21 Å². The van der Waals surface area contributed by atoms with Crippen LogP contribution in [-0.4, -0.2) is 10.9 Å². The zero-order valence-corrected chi connectivity index (χ0v) is 13.9. The zero-order valence-electron chi connectivity index (χ0n) is 12.3. The number of carbonyl (C=O) groups excluding carboxylic acids is 1. The Hall–Kier alpha value is -2.31. The second-order valence-corrected chi connectivity index (χ2v) is 6.54. The van der Waals surface area contributed by atoms with E-state index in [0.717, 1.165) is 21.8 Å². The van der Waals surface area contributed by atoms with E-state index < -0.39 is 0 Å². The number of hydrogen-bond acceptors (Lipinski definition) is 5. The molecule has 0 aliphatic rings. The van der Waals surface area contributed by atoms with E-state index >= 15 is 0 Å². The molecule has 5 nitrogen and oxygen atoms in total. The van der Waals surface area contributed by atoms with Gasteiger partial charge in [-0.1, -0.05) is 17.7 Å². The first kappa shape index (κ1) is 15.6. The molecule has 7 heteroatoms. The molecule has 0 radical (unpaired) electrons. The highest BCUT2D eigenvalue weighted by Gasteiger charge is 2.11. The van der Waals surface area contributed by atoms with Crippen molar-refractivity contribution in [1.82, 2.24) is 4.98 Å².